The number of nitrogens with zero attached hydrogens (tertiary/aromatic N) is 3. The number of hydrogen-bond acceptors (Lipinski definition) is 4. The van der Waals surface area contributed by atoms with Gasteiger partial charge in [0.2, 0.25) is 0 Å². The van der Waals surface area contributed by atoms with E-state index < -0.39 is 0 Å². The van der Waals surface area contributed by atoms with Crippen LogP contribution in [-0.2, 0) is 13.1 Å². The molecule has 160 valence electrons. The Bertz CT molecular complexity index is 828. The first kappa shape index (κ1) is 25.4. The Balaban J connectivity index is 0.00000420. The average Bonchev–Trinajstić information content (AvgIpc) is 3.02. The third-order valence-electron chi connectivity index (χ3n) is 3.85. The summed E-state index contributed by atoms with van der Waals surface area (Å²) in [6.45, 7) is 12.0. The van der Waals surface area contributed by atoms with E-state index in [9.17, 15) is 4.79 Å². The van der Waals surface area contributed by atoms with Gasteiger partial charge in [-0.2, -0.15) is 0 Å². The highest BCUT2D eigenvalue weighted by Gasteiger charge is 2.15. The number of halogens is 1. The molecule has 0 unspecified atom stereocenters. The fraction of sp³-hybridized carbons (Fsp3) is 0.476. The molecule has 29 heavy (non-hydrogen) atoms. The minimum atomic E-state index is -0.264. The topological polar surface area (TPSA) is 69.6 Å². The molecule has 8 heteroatoms. The van der Waals surface area contributed by atoms with E-state index in [1.807, 2.05) is 65.9 Å². The Morgan fingerprint density at radius 1 is 1.31 bits per heavy atom. The lowest BCUT2D eigenvalue weighted by molar-refractivity contribution is 0.0919. The normalized spacial score (nSPS) is 11.6. The zero-order valence-electron chi connectivity index (χ0n) is 18.1. The molecular weight excluding hydrogens is 497 g/mol. The predicted molar refractivity (Wildman–Crippen MR) is 132 cm³/mol. The highest BCUT2D eigenvalue weighted by atomic mass is 127. The van der Waals surface area contributed by atoms with Crippen molar-refractivity contribution in [1.82, 2.24) is 20.5 Å². The quantitative estimate of drug-likeness (QED) is 0.335. The molecule has 0 atom stereocenters. The molecule has 2 aromatic rings. The van der Waals surface area contributed by atoms with Gasteiger partial charge in [0.05, 0.1) is 23.8 Å². The lowest BCUT2D eigenvalue weighted by Crippen LogP contribution is -2.40. The summed E-state index contributed by atoms with van der Waals surface area (Å²) >= 11 is 1.65. The van der Waals surface area contributed by atoms with Gasteiger partial charge in [0, 0.05) is 30.1 Å². The van der Waals surface area contributed by atoms with Gasteiger partial charge >= 0.3 is 0 Å². The van der Waals surface area contributed by atoms with Crippen molar-refractivity contribution in [1.29, 1.82) is 0 Å². The van der Waals surface area contributed by atoms with Crippen LogP contribution in [0.25, 0.3) is 0 Å². The molecule has 0 saturated heterocycles. The third kappa shape index (κ3) is 8.69. The van der Waals surface area contributed by atoms with E-state index in [4.69, 9.17) is 4.99 Å². The van der Waals surface area contributed by atoms with Crippen LogP contribution in [0.15, 0.2) is 34.6 Å². The maximum Gasteiger partial charge on any atom is 0.251 e. The Hall–Kier alpha value is -1.68. The zero-order chi connectivity index (χ0) is 20.7. The molecule has 0 saturated carbocycles. The molecule has 2 rings (SSSR count). The summed E-state index contributed by atoms with van der Waals surface area (Å²) in [5.74, 6) is 0.749. The van der Waals surface area contributed by atoms with E-state index >= 15 is 0 Å². The highest BCUT2D eigenvalue weighted by Crippen LogP contribution is 2.11. The van der Waals surface area contributed by atoms with E-state index in [1.165, 1.54) is 0 Å². The Kier molecular flexibility index (Phi) is 10.0. The van der Waals surface area contributed by atoms with Gasteiger partial charge in [-0.15, -0.1) is 35.3 Å². The molecule has 0 aliphatic heterocycles. The summed E-state index contributed by atoms with van der Waals surface area (Å²) in [7, 11) is 2.00. The molecular formula is C21H32IN5OS. The number of hydrogen-bond donors (Lipinski definition) is 2. The van der Waals surface area contributed by atoms with Gasteiger partial charge in [-0.05, 0) is 52.3 Å². The van der Waals surface area contributed by atoms with Crippen LogP contribution >= 0.6 is 35.3 Å². The van der Waals surface area contributed by atoms with E-state index in [2.05, 4.69) is 25.9 Å². The second-order valence-electron chi connectivity index (χ2n) is 7.79. The van der Waals surface area contributed by atoms with Crippen molar-refractivity contribution in [2.45, 2.75) is 53.2 Å². The molecule has 1 aromatic heterocycles. The number of nitrogens with one attached hydrogen (secondary N) is 2. The van der Waals surface area contributed by atoms with Crippen LogP contribution in [-0.4, -0.2) is 40.9 Å². The molecule has 0 bridgehead atoms. The lowest BCUT2D eigenvalue weighted by atomic mass is 10.1. The molecule has 1 aromatic carbocycles. The summed E-state index contributed by atoms with van der Waals surface area (Å²) in [5, 5.41) is 9.46. The average molecular weight is 529 g/mol. The molecule has 2 N–H and O–H groups in total. The van der Waals surface area contributed by atoms with Gasteiger partial charge in [0.25, 0.3) is 5.91 Å². The molecule has 0 radical (unpaired) electrons. The first-order valence-corrected chi connectivity index (χ1v) is 10.4. The fourth-order valence-corrected chi connectivity index (χ4v) is 3.26. The molecule has 0 aliphatic carbocycles. The van der Waals surface area contributed by atoms with Gasteiger partial charge in [-0.25, -0.2) is 9.98 Å². The molecule has 1 amide bonds. The largest absolute Gasteiger partial charge is 0.357 e. The van der Waals surface area contributed by atoms with Crippen molar-refractivity contribution < 1.29 is 4.79 Å². The number of rotatable bonds is 6. The maximum absolute atomic E-state index is 12.4. The minimum absolute atomic E-state index is 0. The molecule has 0 spiro atoms. The van der Waals surface area contributed by atoms with Crippen LogP contribution in [0.1, 0.15) is 54.3 Å². The molecule has 0 aliphatic rings. The number of benzene rings is 1. The minimum Gasteiger partial charge on any atom is -0.357 e. The van der Waals surface area contributed by atoms with E-state index in [-0.39, 0.29) is 35.4 Å². The molecule has 6 nitrogen and oxygen atoms in total. The number of carbonyl (C=O) groups is 1. The second-order valence-corrected chi connectivity index (χ2v) is 8.85. The zero-order valence-corrected chi connectivity index (χ0v) is 21.2. The van der Waals surface area contributed by atoms with Crippen LogP contribution in [0.3, 0.4) is 0 Å². The number of amides is 1. The van der Waals surface area contributed by atoms with E-state index in [0.717, 1.165) is 28.8 Å². The van der Waals surface area contributed by atoms with Crippen LogP contribution < -0.4 is 10.6 Å². The van der Waals surface area contributed by atoms with E-state index in [0.29, 0.717) is 18.7 Å². The van der Waals surface area contributed by atoms with Gasteiger partial charge in [-0.3, -0.25) is 4.79 Å². The van der Waals surface area contributed by atoms with Crippen molar-refractivity contribution in [2.75, 3.05) is 13.6 Å². The first-order valence-electron chi connectivity index (χ1n) is 9.50. The van der Waals surface area contributed by atoms with Crippen molar-refractivity contribution in [3.63, 3.8) is 0 Å². The number of thiazole rings is 1. The van der Waals surface area contributed by atoms with Gasteiger partial charge in [0.1, 0.15) is 0 Å². The Morgan fingerprint density at radius 3 is 2.62 bits per heavy atom. The number of guanidine groups is 1. The summed E-state index contributed by atoms with van der Waals surface area (Å²) in [5.41, 5.74) is 2.42. The number of aliphatic imine (C=N–C) groups is 1. The SMILES string of the molecule is CCNC(=NCc1cccc(C(=O)NC(C)(C)C)c1)N(C)Cc1csc(C)n1.I. The third-order valence-corrected chi connectivity index (χ3v) is 4.67. The van der Waals surface area contributed by atoms with Gasteiger partial charge in [-0.1, -0.05) is 12.1 Å². The number of aryl methyl sites for hydroxylation is 1. The molecule has 0 fully saturated rings. The summed E-state index contributed by atoms with van der Waals surface area (Å²) in [6.07, 6.45) is 0. The highest BCUT2D eigenvalue weighted by molar-refractivity contribution is 14.0. The number of carbonyl (C=O) groups excluding carboxylic acids is 1. The number of aromatic nitrogens is 1. The van der Waals surface area contributed by atoms with Crippen molar-refractivity contribution >= 4 is 47.2 Å². The van der Waals surface area contributed by atoms with Crippen LogP contribution in [0.2, 0.25) is 0 Å². The van der Waals surface area contributed by atoms with Crippen LogP contribution in [0, 0.1) is 6.92 Å². The van der Waals surface area contributed by atoms with Crippen LogP contribution in [0.5, 0.6) is 0 Å². The van der Waals surface area contributed by atoms with Crippen molar-refractivity contribution in [3.8, 4) is 0 Å². The molecule has 1 heterocycles. The smallest absolute Gasteiger partial charge is 0.251 e. The Labute approximate surface area is 195 Å². The summed E-state index contributed by atoms with van der Waals surface area (Å²) in [6, 6.07) is 7.62. The van der Waals surface area contributed by atoms with Crippen LogP contribution in [0.4, 0.5) is 0 Å². The van der Waals surface area contributed by atoms with Crippen molar-refractivity contribution in [3.05, 3.63) is 51.5 Å². The first-order chi connectivity index (χ1) is 13.2. The standard InChI is InChI=1S/C21H31N5OS.HI/c1-7-22-20(26(6)13-18-14-28-15(2)24-18)23-12-16-9-8-10-17(11-16)19(27)25-21(3,4)5;/h8-11,14H,7,12-13H2,1-6H3,(H,22,23)(H,25,27);1H. The second kappa shape index (κ2) is 11.5. The Morgan fingerprint density at radius 2 is 2.03 bits per heavy atom. The predicted octanol–water partition coefficient (Wildman–Crippen LogP) is 4.20. The van der Waals surface area contributed by atoms with Gasteiger partial charge < -0.3 is 15.5 Å². The summed E-state index contributed by atoms with van der Waals surface area (Å²) in [4.78, 5) is 23.7. The monoisotopic (exact) mass is 529 g/mol. The van der Waals surface area contributed by atoms with Gasteiger partial charge in [0.15, 0.2) is 5.96 Å². The summed E-state index contributed by atoms with van der Waals surface area (Å²) < 4.78 is 0. The fourth-order valence-electron chi connectivity index (χ4n) is 2.66. The lowest BCUT2D eigenvalue weighted by Gasteiger charge is -2.21. The van der Waals surface area contributed by atoms with E-state index in [1.54, 1.807) is 11.3 Å². The van der Waals surface area contributed by atoms with Crippen molar-refractivity contribution in [2.24, 2.45) is 4.99 Å². The maximum atomic E-state index is 12.4.